The number of fused-ring (bicyclic) bond motifs is 1. The van der Waals surface area contributed by atoms with Gasteiger partial charge in [-0.25, -0.2) is 0 Å². The highest BCUT2D eigenvalue weighted by Gasteiger charge is 2.46. The van der Waals surface area contributed by atoms with Crippen molar-refractivity contribution in [2.45, 2.75) is 120 Å². The van der Waals surface area contributed by atoms with E-state index in [0.717, 1.165) is 48.8 Å². The average molecular weight is 858 g/mol. The van der Waals surface area contributed by atoms with Crippen LogP contribution in [0.25, 0.3) is 0 Å². The number of guanidine groups is 1. The second-order valence-electron chi connectivity index (χ2n) is 17.2. The Hall–Kier alpha value is -5.12. The molecule has 6 rings (SSSR count). The number of carbonyl (C=O) groups is 6. The average Bonchev–Trinajstić information content (AvgIpc) is 3.72. The first-order chi connectivity index (χ1) is 29.4. The predicted octanol–water partition coefficient (Wildman–Crippen LogP) is 2.61. The smallest absolute Gasteiger partial charge is 0.246 e. The van der Waals surface area contributed by atoms with Crippen molar-refractivity contribution in [2.24, 2.45) is 23.3 Å². The van der Waals surface area contributed by atoms with Crippen LogP contribution in [-0.2, 0) is 41.7 Å². The molecular formula is C45H63N9O6S. The molecule has 3 heterocycles. The highest BCUT2D eigenvalue weighted by Crippen LogP contribution is 2.35. The van der Waals surface area contributed by atoms with Gasteiger partial charge in [-0.3, -0.25) is 34.2 Å². The number of piperidine rings is 1. The number of likely N-dealkylation sites (tertiary alicyclic amines) is 2. The van der Waals surface area contributed by atoms with Gasteiger partial charge >= 0.3 is 0 Å². The molecule has 4 aliphatic rings. The number of amides is 6. The second kappa shape index (κ2) is 21.1. The van der Waals surface area contributed by atoms with Gasteiger partial charge in [-0.05, 0) is 72.6 Å². The molecule has 1 saturated carbocycles. The fraction of sp³-hybridized carbons (Fsp3) is 0.578. The number of carbonyl (C=O) groups excluding carboxylic acids is 6. The number of nitrogens with zero attached hydrogens (tertiary/aromatic N) is 3. The van der Waals surface area contributed by atoms with Crippen LogP contribution in [0, 0.1) is 17.2 Å². The summed E-state index contributed by atoms with van der Waals surface area (Å²) in [5.74, 6) is -2.64. The highest BCUT2D eigenvalue weighted by molar-refractivity contribution is 7.98. The minimum absolute atomic E-state index is 0.0646. The topological polar surface area (TPSA) is 224 Å². The molecule has 15 nitrogen and oxygen atoms in total. The third-order valence-corrected chi connectivity index (χ3v) is 13.8. The van der Waals surface area contributed by atoms with Gasteiger partial charge in [0.2, 0.25) is 35.4 Å². The number of nitrogens with two attached hydrogens (primary N) is 2. The largest absolute Gasteiger partial charge is 0.370 e. The van der Waals surface area contributed by atoms with Crippen LogP contribution in [0.15, 0.2) is 54.6 Å². The van der Waals surface area contributed by atoms with Crippen molar-refractivity contribution in [3.05, 3.63) is 71.3 Å². The summed E-state index contributed by atoms with van der Waals surface area (Å²) in [5, 5.41) is 16.9. The quantitative estimate of drug-likeness (QED) is 0.114. The second-order valence-corrected chi connectivity index (χ2v) is 18.2. The Morgan fingerprint density at radius 3 is 2.10 bits per heavy atom. The van der Waals surface area contributed by atoms with Gasteiger partial charge in [0.1, 0.15) is 30.2 Å². The van der Waals surface area contributed by atoms with E-state index in [2.05, 4.69) is 16.0 Å². The molecule has 16 heteroatoms. The normalized spacial score (nSPS) is 22.3. The number of rotatable bonds is 15. The van der Waals surface area contributed by atoms with Crippen molar-refractivity contribution < 1.29 is 28.8 Å². The van der Waals surface area contributed by atoms with E-state index in [1.165, 1.54) is 28.5 Å². The summed E-state index contributed by atoms with van der Waals surface area (Å²) in [7, 11) is 0. The van der Waals surface area contributed by atoms with Crippen LogP contribution in [-0.4, -0.2) is 118 Å². The van der Waals surface area contributed by atoms with Gasteiger partial charge in [0.25, 0.3) is 0 Å². The monoisotopic (exact) mass is 857 g/mol. The molecule has 6 amide bonds. The summed E-state index contributed by atoms with van der Waals surface area (Å²) in [6, 6.07) is 12.3. The molecule has 0 bridgehead atoms. The fourth-order valence-corrected chi connectivity index (χ4v) is 10.4. The summed E-state index contributed by atoms with van der Waals surface area (Å²) < 4.78 is 0. The van der Waals surface area contributed by atoms with Gasteiger partial charge < -0.3 is 42.1 Å². The molecule has 1 unspecified atom stereocenters. The number of benzene rings is 2. The lowest BCUT2D eigenvalue weighted by molar-refractivity contribution is -0.148. The maximum absolute atomic E-state index is 15.2. The number of nitrogens with one attached hydrogen (secondary N) is 4. The van der Waals surface area contributed by atoms with Crippen LogP contribution >= 0.6 is 11.8 Å². The molecule has 3 aliphatic heterocycles. The zero-order chi connectivity index (χ0) is 43.6. The minimum Gasteiger partial charge on any atom is -0.370 e. The number of hydrogen-bond donors (Lipinski definition) is 6. The van der Waals surface area contributed by atoms with E-state index in [1.54, 1.807) is 4.90 Å². The molecule has 0 radical (unpaired) electrons. The molecule has 2 aromatic carbocycles. The Morgan fingerprint density at radius 1 is 0.787 bits per heavy atom. The zero-order valence-electron chi connectivity index (χ0n) is 35.5. The minimum atomic E-state index is -1.05. The molecule has 0 spiro atoms. The third kappa shape index (κ3) is 11.2. The molecule has 61 heavy (non-hydrogen) atoms. The van der Waals surface area contributed by atoms with Crippen LogP contribution in [0.4, 0.5) is 0 Å². The van der Waals surface area contributed by atoms with Crippen LogP contribution < -0.4 is 27.4 Å². The molecule has 1 aliphatic carbocycles. The van der Waals surface area contributed by atoms with E-state index in [4.69, 9.17) is 16.9 Å². The molecule has 2 saturated heterocycles. The standard InChI is InChI=1S/C45H63N9O6S/c1-28(55)49-36(25-29-11-5-3-6-12-29)41(57)51-38(31-17-21-52(22-18-31)45(47)48)44(60)54-27-33-16-10-9-15-32(33)26-37(54)42(58)50-35(20-24-61-2)43(59)53-23-19-34(39(53)40(46)56)30-13-7-4-8-14-30/h4,7-10,13-16,29,31,34-39H,3,5-6,11-12,17-27H2,1-2H3,(H2,46,56)(H3,47,48)(H,49,55)(H,50,58)(H,51,57)/t34?,35-,36-,37-,38-,39-/m0/s1. The Morgan fingerprint density at radius 2 is 1.46 bits per heavy atom. The summed E-state index contributed by atoms with van der Waals surface area (Å²) in [6.07, 6.45) is 9.50. The van der Waals surface area contributed by atoms with E-state index in [1.807, 2.05) is 60.9 Å². The lowest BCUT2D eigenvalue weighted by atomic mass is 9.84. The molecule has 8 N–H and O–H groups in total. The van der Waals surface area contributed by atoms with Crippen LogP contribution in [0.3, 0.4) is 0 Å². The molecule has 6 atom stereocenters. The maximum atomic E-state index is 15.2. The molecule has 3 fully saturated rings. The first kappa shape index (κ1) is 45.4. The third-order valence-electron chi connectivity index (χ3n) is 13.2. The van der Waals surface area contributed by atoms with Crippen molar-refractivity contribution in [1.29, 1.82) is 5.41 Å². The maximum Gasteiger partial charge on any atom is 0.246 e. The van der Waals surface area contributed by atoms with E-state index in [9.17, 15) is 24.0 Å². The van der Waals surface area contributed by atoms with Gasteiger partial charge in [0.15, 0.2) is 5.96 Å². The molecule has 330 valence electrons. The number of primary amides is 1. The Labute approximate surface area is 363 Å². The van der Waals surface area contributed by atoms with Crippen molar-refractivity contribution in [3.63, 3.8) is 0 Å². The van der Waals surface area contributed by atoms with Crippen LogP contribution in [0.2, 0.25) is 0 Å². The Kier molecular flexibility index (Phi) is 15.7. The van der Waals surface area contributed by atoms with E-state index < -0.39 is 59.7 Å². The Balaban J connectivity index is 1.28. The van der Waals surface area contributed by atoms with Crippen LogP contribution in [0.1, 0.15) is 93.7 Å². The van der Waals surface area contributed by atoms with Gasteiger partial charge in [0.05, 0.1) is 0 Å². The van der Waals surface area contributed by atoms with Crippen molar-refractivity contribution in [2.75, 3.05) is 31.6 Å². The summed E-state index contributed by atoms with van der Waals surface area (Å²) >= 11 is 1.53. The van der Waals surface area contributed by atoms with Gasteiger partial charge in [-0.15, -0.1) is 0 Å². The lowest BCUT2D eigenvalue weighted by Crippen LogP contribution is -2.63. The van der Waals surface area contributed by atoms with Crippen molar-refractivity contribution in [1.82, 2.24) is 30.7 Å². The fourth-order valence-electron chi connectivity index (χ4n) is 9.91. The van der Waals surface area contributed by atoms with Gasteiger partial charge in [-0.1, -0.05) is 86.7 Å². The summed E-state index contributed by atoms with van der Waals surface area (Å²) in [5.41, 5.74) is 14.5. The molecule has 2 aromatic rings. The zero-order valence-corrected chi connectivity index (χ0v) is 36.3. The number of thioether (sulfide) groups is 1. The SMILES string of the molecule is CSCC[C@H](NC(=O)[C@@H]1Cc2ccccc2CN1C(=O)[C@@H](NC(=O)[C@H](CC1CCCCC1)NC(C)=O)C1CCN(C(=N)N)CC1)C(=O)N1CCC(c2ccccc2)[C@H]1C(N)=O. The lowest BCUT2D eigenvalue weighted by Gasteiger charge is -2.42. The van der Waals surface area contributed by atoms with Gasteiger partial charge in [-0.2, -0.15) is 11.8 Å². The van der Waals surface area contributed by atoms with Crippen molar-refractivity contribution >= 4 is 53.2 Å². The molecular weight excluding hydrogens is 795 g/mol. The first-order valence-corrected chi connectivity index (χ1v) is 23.2. The Bertz CT molecular complexity index is 1900. The highest BCUT2D eigenvalue weighted by atomic mass is 32.2. The first-order valence-electron chi connectivity index (χ1n) is 21.8. The van der Waals surface area contributed by atoms with E-state index in [-0.39, 0.29) is 42.6 Å². The van der Waals surface area contributed by atoms with E-state index in [0.29, 0.717) is 57.5 Å². The van der Waals surface area contributed by atoms with E-state index >= 15 is 4.79 Å². The predicted molar refractivity (Wildman–Crippen MR) is 235 cm³/mol. The summed E-state index contributed by atoms with van der Waals surface area (Å²) in [4.78, 5) is 88.9. The molecule has 0 aromatic heterocycles. The van der Waals surface area contributed by atoms with Crippen LogP contribution in [0.5, 0.6) is 0 Å². The van der Waals surface area contributed by atoms with Crippen molar-refractivity contribution in [3.8, 4) is 0 Å². The number of hydrogen-bond acceptors (Lipinski definition) is 8. The summed E-state index contributed by atoms with van der Waals surface area (Å²) in [6.45, 7) is 2.60. The van der Waals surface area contributed by atoms with Gasteiger partial charge in [0, 0.05) is 45.4 Å².